The zero-order valence-electron chi connectivity index (χ0n) is 16.1. The van der Waals surface area contributed by atoms with Gasteiger partial charge in [-0.2, -0.15) is 0 Å². The highest BCUT2D eigenvalue weighted by Gasteiger charge is 2.18. The van der Waals surface area contributed by atoms with Crippen molar-refractivity contribution in [3.8, 4) is 0 Å². The molecule has 1 amide bonds. The quantitative estimate of drug-likeness (QED) is 0.618. The predicted octanol–water partition coefficient (Wildman–Crippen LogP) is 3.92. The molecule has 0 aliphatic carbocycles. The summed E-state index contributed by atoms with van der Waals surface area (Å²) in [4.78, 5) is 14.5. The van der Waals surface area contributed by atoms with E-state index in [-0.39, 0.29) is 17.8 Å². The monoisotopic (exact) mass is 402 g/mol. The van der Waals surface area contributed by atoms with Crippen molar-refractivity contribution in [2.24, 2.45) is 0 Å². The van der Waals surface area contributed by atoms with E-state index < -0.39 is 0 Å². The summed E-state index contributed by atoms with van der Waals surface area (Å²) >= 11 is 1.27. The predicted molar refractivity (Wildman–Crippen MR) is 105 cm³/mol. The molecule has 0 fully saturated rings. The van der Waals surface area contributed by atoms with Gasteiger partial charge >= 0.3 is 0 Å². The Morgan fingerprint density at radius 2 is 1.93 bits per heavy atom. The molecule has 28 heavy (non-hydrogen) atoms. The lowest BCUT2D eigenvalue weighted by Gasteiger charge is -2.24. The molecule has 0 bridgehead atoms. The molecule has 2 heterocycles. The molecule has 0 radical (unpaired) electrons. The molecule has 2 aromatic heterocycles. The van der Waals surface area contributed by atoms with Crippen LogP contribution in [0, 0.1) is 12.7 Å². The molecule has 3 aromatic rings. The average Bonchev–Trinajstić information content (AvgIpc) is 3.29. The van der Waals surface area contributed by atoms with E-state index in [1.807, 2.05) is 19.1 Å². The molecule has 0 aliphatic heterocycles. The van der Waals surface area contributed by atoms with Crippen LogP contribution in [0.2, 0.25) is 0 Å². The second kappa shape index (κ2) is 9.07. The van der Waals surface area contributed by atoms with Crippen molar-refractivity contribution in [2.75, 3.05) is 0 Å². The number of aryl methyl sites for hydroxylation is 1. The van der Waals surface area contributed by atoms with E-state index in [2.05, 4.69) is 34.3 Å². The maximum Gasteiger partial charge on any atom is 0.282 e. The van der Waals surface area contributed by atoms with Crippen LogP contribution >= 0.6 is 11.3 Å². The summed E-state index contributed by atoms with van der Waals surface area (Å²) in [5, 5.41) is 12.0. The first-order chi connectivity index (χ1) is 13.4. The summed E-state index contributed by atoms with van der Waals surface area (Å²) in [6.45, 7) is 7.69. The zero-order chi connectivity index (χ0) is 20.1. The van der Waals surface area contributed by atoms with Gasteiger partial charge in [-0.05, 0) is 50.6 Å². The number of rotatable bonds is 8. The molecule has 0 saturated carbocycles. The lowest BCUT2D eigenvalue weighted by atomic mass is 10.2. The Bertz CT molecular complexity index is 920. The third-order valence-electron chi connectivity index (χ3n) is 4.25. The van der Waals surface area contributed by atoms with Gasteiger partial charge in [0, 0.05) is 12.6 Å². The van der Waals surface area contributed by atoms with Crippen LogP contribution < -0.4 is 5.32 Å². The van der Waals surface area contributed by atoms with Crippen LogP contribution in [0.15, 0.2) is 40.8 Å². The number of nitrogens with zero attached hydrogens (tertiary/aromatic N) is 3. The van der Waals surface area contributed by atoms with Crippen molar-refractivity contribution in [3.63, 3.8) is 0 Å². The largest absolute Gasteiger partial charge is 0.465 e. The first-order valence-corrected chi connectivity index (χ1v) is 9.86. The van der Waals surface area contributed by atoms with E-state index in [4.69, 9.17) is 4.42 Å². The van der Waals surface area contributed by atoms with Gasteiger partial charge in [-0.1, -0.05) is 23.5 Å². The molecule has 8 heteroatoms. The Balaban J connectivity index is 1.58. The number of amides is 1. The Kier molecular flexibility index (Phi) is 6.53. The maximum absolute atomic E-state index is 12.9. The number of carbonyl (C=O) groups excluding carboxylic acids is 1. The number of furan rings is 1. The molecular formula is C20H23FN4O2S. The van der Waals surface area contributed by atoms with Gasteiger partial charge < -0.3 is 9.73 Å². The van der Waals surface area contributed by atoms with Crippen LogP contribution in [-0.4, -0.2) is 27.0 Å². The average molecular weight is 402 g/mol. The molecule has 0 unspecified atom stereocenters. The lowest BCUT2D eigenvalue weighted by Crippen LogP contribution is -2.29. The molecule has 148 valence electrons. The number of hydrogen-bond donors (Lipinski definition) is 1. The van der Waals surface area contributed by atoms with Gasteiger partial charge in [-0.25, -0.2) is 4.39 Å². The van der Waals surface area contributed by atoms with Crippen LogP contribution in [0.4, 0.5) is 4.39 Å². The van der Waals surface area contributed by atoms with Gasteiger partial charge in [-0.3, -0.25) is 9.69 Å². The standard InChI is InChI=1S/C20H23FN4O2S/c1-13(2)25(11-17-9-4-14(3)27-17)12-18-23-24-20(28-18)19(26)22-10-15-5-7-16(21)8-6-15/h4-9,13H,10-12H2,1-3H3,(H,22,26). The number of nitrogens with one attached hydrogen (secondary N) is 1. The molecule has 1 aromatic carbocycles. The molecule has 0 spiro atoms. The Labute approximate surface area is 167 Å². The third-order valence-corrected chi connectivity index (χ3v) is 5.16. The fourth-order valence-electron chi connectivity index (χ4n) is 2.63. The van der Waals surface area contributed by atoms with Gasteiger partial charge in [0.1, 0.15) is 22.3 Å². The van der Waals surface area contributed by atoms with Crippen molar-refractivity contribution in [1.29, 1.82) is 0 Å². The molecule has 6 nitrogen and oxygen atoms in total. The summed E-state index contributed by atoms with van der Waals surface area (Å²) in [6, 6.07) is 10.2. The van der Waals surface area contributed by atoms with Crippen molar-refractivity contribution in [1.82, 2.24) is 20.4 Å². The van der Waals surface area contributed by atoms with Crippen molar-refractivity contribution in [2.45, 2.75) is 46.4 Å². The van der Waals surface area contributed by atoms with E-state index >= 15 is 0 Å². The van der Waals surface area contributed by atoms with Crippen LogP contribution in [0.3, 0.4) is 0 Å². The van der Waals surface area contributed by atoms with Gasteiger partial charge in [0.25, 0.3) is 5.91 Å². The van der Waals surface area contributed by atoms with E-state index in [1.165, 1.54) is 23.5 Å². The minimum absolute atomic E-state index is 0.282. The molecule has 0 saturated heterocycles. The van der Waals surface area contributed by atoms with E-state index in [9.17, 15) is 9.18 Å². The number of benzene rings is 1. The SMILES string of the molecule is Cc1ccc(CN(Cc2nnc(C(=O)NCc3ccc(F)cc3)s2)C(C)C)o1. The van der Waals surface area contributed by atoms with Crippen molar-refractivity contribution >= 4 is 17.2 Å². The van der Waals surface area contributed by atoms with Crippen LogP contribution in [0.5, 0.6) is 0 Å². The fraction of sp³-hybridized carbons (Fsp3) is 0.350. The topological polar surface area (TPSA) is 71.3 Å². The second-order valence-electron chi connectivity index (χ2n) is 6.82. The first kappa shape index (κ1) is 20.2. The van der Waals surface area contributed by atoms with E-state index in [0.29, 0.717) is 24.6 Å². The highest BCUT2D eigenvalue weighted by Crippen LogP contribution is 2.18. The number of carbonyl (C=O) groups is 1. The Morgan fingerprint density at radius 1 is 1.18 bits per heavy atom. The highest BCUT2D eigenvalue weighted by molar-refractivity contribution is 7.13. The summed E-state index contributed by atoms with van der Waals surface area (Å²) in [7, 11) is 0. The molecule has 0 aliphatic rings. The molecule has 1 N–H and O–H groups in total. The van der Waals surface area contributed by atoms with Gasteiger partial charge in [0.2, 0.25) is 5.01 Å². The minimum Gasteiger partial charge on any atom is -0.465 e. The van der Waals surface area contributed by atoms with Crippen molar-refractivity contribution in [3.05, 3.63) is 69.3 Å². The van der Waals surface area contributed by atoms with Crippen LogP contribution in [0.25, 0.3) is 0 Å². The summed E-state index contributed by atoms with van der Waals surface area (Å²) < 4.78 is 18.6. The maximum atomic E-state index is 12.9. The Hall–Kier alpha value is -2.58. The molecule has 3 rings (SSSR count). The number of aromatic nitrogens is 2. The zero-order valence-corrected chi connectivity index (χ0v) is 16.9. The lowest BCUT2D eigenvalue weighted by molar-refractivity contribution is 0.0950. The molecular weight excluding hydrogens is 379 g/mol. The number of halogens is 1. The minimum atomic E-state index is -0.303. The second-order valence-corrected chi connectivity index (χ2v) is 7.88. The normalized spacial score (nSPS) is 11.4. The summed E-state index contributed by atoms with van der Waals surface area (Å²) in [6.07, 6.45) is 0. The van der Waals surface area contributed by atoms with Crippen LogP contribution in [0.1, 0.15) is 45.7 Å². The Morgan fingerprint density at radius 3 is 2.57 bits per heavy atom. The summed E-state index contributed by atoms with van der Waals surface area (Å²) in [5.41, 5.74) is 0.819. The van der Waals surface area contributed by atoms with E-state index in [1.54, 1.807) is 12.1 Å². The fourth-order valence-corrected chi connectivity index (χ4v) is 3.42. The van der Waals surface area contributed by atoms with Gasteiger partial charge in [0.15, 0.2) is 0 Å². The first-order valence-electron chi connectivity index (χ1n) is 9.05. The summed E-state index contributed by atoms with van der Waals surface area (Å²) in [5.74, 6) is 1.19. The highest BCUT2D eigenvalue weighted by atomic mass is 32.1. The smallest absolute Gasteiger partial charge is 0.282 e. The van der Waals surface area contributed by atoms with Gasteiger partial charge in [0.05, 0.1) is 13.1 Å². The van der Waals surface area contributed by atoms with E-state index in [0.717, 1.165) is 22.1 Å². The number of hydrogen-bond acceptors (Lipinski definition) is 6. The molecule has 0 atom stereocenters. The third kappa shape index (κ3) is 5.46. The van der Waals surface area contributed by atoms with Gasteiger partial charge in [-0.15, -0.1) is 10.2 Å². The van der Waals surface area contributed by atoms with Crippen molar-refractivity contribution < 1.29 is 13.6 Å². The van der Waals surface area contributed by atoms with Crippen LogP contribution in [-0.2, 0) is 19.6 Å².